The molecule has 0 amide bonds. The number of ether oxygens (including phenoxy) is 1. The van der Waals surface area contributed by atoms with Crippen molar-refractivity contribution in [3.05, 3.63) is 95.6 Å². The second-order valence-electron chi connectivity index (χ2n) is 6.87. The van der Waals surface area contributed by atoms with Crippen LogP contribution in [0.5, 0.6) is 0 Å². The minimum absolute atomic E-state index is 0.0389. The van der Waals surface area contributed by atoms with Gasteiger partial charge in [0.05, 0.1) is 23.0 Å². The summed E-state index contributed by atoms with van der Waals surface area (Å²) in [6.07, 6.45) is 1.04. The Balaban J connectivity index is 1.62. The summed E-state index contributed by atoms with van der Waals surface area (Å²) >= 11 is 0. The van der Waals surface area contributed by atoms with Crippen LogP contribution in [0.25, 0.3) is 0 Å². The molecule has 0 unspecified atom stereocenters. The van der Waals surface area contributed by atoms with Gasteiger partial charge in [-0.2, -0.15) is 0 Å². The molecule has 3 aromatic rings. The molecule has 0 radical (unpaired) electrons. The Hall–Kier alpha value is -2.52. The van der Waals surface area contributed by atoms with Gasteiger partial charge in [0.1, 0.15) is 0 Å². The standard InChI is InChI=1S/C22H23NO5S2/c1-29(24,25)21-11-6-12-22(14-21)30(26,27)23-15-19-9-5-10-20(13-19)17-28-16-18-7-3-2-4-8-18/h2-14,23H,15-17H2,1H3. The van der Waals surface area contributed by atoms with E-state index in [0.717, 1.165) is 29.0 Å². The molecule has 0 aliphatic rings. The Labute approximate surface area is 177 Å². The molecule has 3 aromatic carbocycles. The van der Waals surface area contributed by atoms with E-state index in [1.54, 1.807) is 0 Å². The van der Waals surface area contributed by atoms with Gasteiger partial charge in [0.2, 0.25) is 10.0 Å². The van der Waals surface area contributed by atoms with Crippen molar-refractivity contribution in [3.8, 4) is 0 Å². The zero-order chi connectivity index (χ0) is 21.6. The molecular weight excluding hydrogens is 422 g/mol. The van der Waals surface area contributed by atoms with E-state index >= 15 is 0 Å². The molecule has 158 valence electrons. The summed E-state index contributed by atoms with van der Waals surface area (Å²) < 4.78 is 56.7. The van der Waals surface area contributed by atoms with E-state index in [2.05, 4.69) is 4.72 Å². The Morgan fingerprint density at radius 2 is 1.30 bits per heavy atom. The van der Waals surface area contributed by atoms with Crippen molar-refractivity contribution in [1.82, 2.24) is 4.72 Å². The largest absolute Gasteiger partial charge is 0.372 e. The third kappa shape index (κ3) is 6.24. The first kappa shape index (κ1) is 22.2. The topological polar surface area (TPSA) is 89.5 Å². The molecule has 0 bridgehead atoms. The molecule has 30 heavy (non-hydrogen) atoms. The maximum atomic E-state index is 12.6. The van der Waals surface area contributed by atoms with Crippen molar-refractivity contribution in [3.63, 3.8) is 0 Å². The highest BCUT2D eigenvalue weighted by atomic mass is 32.2. The van der Waals surface area contributed by atoms with Gasteiger partial charge in [0.25, 0.3) is 0 Å². The van der Waals surface area contributed by atoms with Crippen LogP contribution >= 0.6 is 0 Å². The zero-order valence-electron chi connectivity index (χ0n) is 16.5. The number of hydrogen-bond donors (Lipinski definition) is 1. The molecule has 6 nitrogen and oxygen atoms in total. The minimum Gasteiger partial charge on any atom is -0.372 e. The van der Waals surface area contributed by atoms with E-state index in [4.69, 9.17) is 4.74 Å². The van der Waals surface area contributed by atoms with E-state index in [0.29, 0.717) is 13.2 Å². The lowest BCUT2D eigenvalue weighted by atomic mass is 10.1. The van der Waals surface area contributed by atoms with Gasteiger partial charge in [0.15, 0.2) is 9.84 Å². The molecule has 3 rings (SSSR count). The van der Waals surface area contributed by atoms with Gasteiger partial charge in [0, 0.05) is 12.8 Å². The van der Waals surface area contributed by atoms with Gasteiger partial charge in [-0.05, 0) is 34.9 Å². The third-order valence-corrected chi connectivity index (χ3v) is 6.89. The lowest BCUT2D eigenvalue weighted by Gasteiger charge is -2.10. The molecule has 8 heteroatoms. The first-order valence-corrected chi connectivity index (χ1v) is 12.6. The average Bonchev–Trinajstić information content (AvgIpc) is 2.73. The van der Waals surface area contributed by atoms with Crippen molar-refractivity contribution in [1.29, 1.82) is 0 Å². The number of hydrogen-bond acceptors (Lipinski definition) is 5. The molecule has 0 aliphatic carbocycles. The van der Waals surface area contributed by atoms with Crippen molar-refractivity contribution in [2.75, 3.05) is 6.26 Å². The molecule has 0 saturated heterocycles. The van der Waals surface area contributed by atoms with Gasteiger partial charge in [-0.3, -0.25) is 0 Å². The fraction of sp³-hybridized carbons (Fsp3) is 0.182. The van der Waals surface area contributed by atoms with Gasteiger partial charge >= 0.3 is 0 Å². The van der Waals surface area contributed by atoms with Crippen molar-refractivity contribution >= 4 is 19.9 Å². The van der Waals surface area contributed by atoms with Crippen LogP contribution in [0.1, 0.15) is 16.7 Å². The smallest absolute Gasteiger partial charge is 0.240 e. The fourth-order valence-electron chi connectivity index (χ4n) is 2.82. The summed E-state index contributed by atoms with van der Waals surface area (Å²) in [5, 5.41) is 0. The monoisotopic (exact) mass is 445 g/mol. The van der Waals surface area contributed by atoms with E-state index in [-0.39, 0.29) is 16.3 Å². The highest BCUT2D eigenvalue weighted by Gasteiger charge is 2.17. The number of sulfonamides is 1. The number of sulfone groups is 1. The van der Waals surface area contributed by atoms with Crippen molar-refractivity contribution in [2.24, 2.45) is 0 Å². The van der Waals surface area contributed by atoms with E-state index < -0.39 is 19.9 Å². The van der Waals surface area contributed by atoms with Crippen molar-refractivity contribution in [2.45, 2.75) is 29.5 Å². The lowest BCUT2D eigenvalue weighted by molar-refractivity contribution is 0.107. The minimum atomic E-state index is -3.85. The quantitative estimate of drug-likeness (QED) is 0.546. The summed E-state index contributed by atoms with van der Waals surface area (Å²) in [6, 6.07) is 22.6. The molecule has 0 fully saturated rings. The molecular formula is C22H23NO5S2. The van der Waals surface area contributed by atoms with E-state index in [1.165, 1.54) is 18.2 Å². The number of nitrogens with one attached hydrogen (secondary N) is 1. The summed E-state index contributed by atoms with van der Waals surface area (Å²) in [5.74, 6) is 0. The Kier molecular flexibility index (Phi) is 7.04. The van der Waals surface area contributed by atoms with Gasteiger partial charge < -0.3 is 4.74 Å². The third-order valence-electron chi connectivity index (χ3n) is 4.38. The maximum absolute atomic E-state index is 12.6. The molecule has 0 spiro atoms. The molecule has 0 atom stereocenters. The second kappa shape index (κ2) is 9.53. The van der Waals surface area contributed by atoms with E-state index in [1.807, 2.05) is 54.6 Å². The highest BCUT2D eigenvalue weighted by molar-refractivity contribution is 7.91. The van der Waals surface area contributed by atoms with Gasteiger partial charge in [-0.15, -0.1) is 0 Å². The zero-order valence-corrected chi connectivity index (χ0v) is 18.1. The van der Waals surface area contributed by atoms with Crippen LogP contribution in [0.2, 0.25) is 0 Å². The molecule has 1 N–H and O–H groups in total. The van der Waals surface area contributed by atoms with Crippen molar-refractivity contribution < 1.29 is 21.6 Å². The summed E-state index contributed by atoms with van der Waals surface area (Å²) in [4.78, 5) is -0.129. The van der Waals surface area contributed by atoms with E-state index in [9.17, 15) is 16.8 Å². The van der Waals surface area contributed by atoms with Crippen LogP contribution < -0.4 is 4.72 Å². The highest BCUT2D eigenvalue weighted by Crippen LogP contribution is 2.16. The van der Waals surface area contributed by atoms with Crippen LogP contribution in [0.3, 0.4) is 0 Å². The second-order valence-corrected chi connectivity index (χ2v) is 10.7. The predicted molar refractivity (Wildman–Crippen MR) is 115 cm³/mol. The SMILES string of the molecule is CS(=O)(=O)c1cccc(S(=O)(=O)NCc2cccc(COCc3ccccc3)c2)c1. The van der Waals surface area contributed by atoms with Crippen LogP contribution in [0.15, 0.2) is 88.7 Å². The fourth-order valence-corrected chi connectivity index (χ4v) is 4.63. The Morgan fingerprint density at radius 1 is 0.700 bits per heavy atom. The molecule has 0 saturated carbocycles. The number of rotatable bonds is 9. The summed E-state index contributed by atoms with van der Waals surface area (Å²) in [6.45, 7) is 0.984. The predicted octanol–water partition coefficient (Wildman–Crippen LogP) is 3.29. The number of benzene rings is 3. The molecule has 0 aliphatic heterocycles. The summed E-state index contributed by atoms with van der Waals surface area (Å²) in [7, 11) is -7.35. The maximum Gasteiger partial charge on any atom is 0.240 e. The van der Waals surface area contributed by atoms with Crippen LogP contribution in [-0.4, -0.2) is 23.1 Å². The van der Waals surface area contributed by atoms with Gasteiger partial charge in [-0.1, -0.05) is 60.7 Å². The lowest BCUT2D eigenvalue weighted by Crippen LogP contribution is -2.23. The first-order chi connectivity index (χ1) is 14.2. The first-order valence-electron chi connectivity index (χ1n) is 9.23. The summed E-state index contributed by atoms with van der Waals surface area (Å²) in [5.41, 5.74) is 2.79. The molecule has 0 heterocycles. The van der Waals surface area contributed by atoms with Gasteiger partial charge in [-0.25, -0.2) is 21.6 Å². The van der Waals surface area contributed by atoms with Crippen LogP contribution in [0.4, 0.5) is 0 Å². The Morgan fingerprint density at radius 3 is 2.03 bits per heavy atom. The Bertz CT molecular complexity index is 1210. The normalized spacial score (nSPS) is 12.0. The molecule has 0 aromatic heterocycles. The van der Waals surface area contributed by atoms with Crippen LogP contribution in [-0.2, 0) is 44.4 Å². The average molecular weight is 446 g/mol. The van der Waals surface area contributed by atoms with Crippen LogP contribution in [0, 0.1) is 0 Å².